The highest BCUT2D eigenvalue weighted by Crippen LogP contribution is 2.12. The van der Waals surface area contributed by atoms with Crippen molar-refractivity contribution in [2.45, 2.75) is 25.1 Å². The quantitative estimate of drug-likeness (QED) is 0.368. The molecule has 0 fully saturated rings. The van der Waals surface area contributed by atoms with Crippen molar-refractivity contribution >= 4 is 0 Å². The maximum atomic E-state index is 11.7. The van der Waals surface area contributed by atoms with E-state index in [4.69, 9.17) is 10.8 Å². The Labute approximate surface area is 51.6 Å². The van der Waals surface area contributed by atoms with Crippen LogP contribution >= 0.6 is 0 Å². The van der Waals surface area contributed by atoms with Gasteiger partial charge in [0.15, 0.2) is 0 Å². The van der Waals surface area contributed by atoms with Gasteiger partial charge in [0.2, 0.25) is 0 Å². The normalized spacial score (nSPS) is 15.7. The summed E-state index contributed by atoms with van der Waals surface area (Å²) in [6.07, 6.45) is -1.95. The van der Waals surface area contributed by atoms with Crippen LogP contribution in [0.15, 0.2) is 0 Å². The van der Waals surface area contributed by atoms with Crippen LogP contribution in [0.4, 0.5) is 8.78 Å². The first-order valence-electron chi connectivity index (χ1n) is 2.52. The Kier molecular flexibility index (Phi) is 2.96. The van der Waals surface area contributed by atoms with Crippen molar-refractivity contribution < 1.29 is 13.9 Å². The van der Waals surface area contributed by atoms with Gasteiger partial charge in [-0.1, -0.05) is 0 Å². The first-order valence-corrected chi connectivity index (χ1v) is 2.52. The molecule has 1 unspecified atom stereocenters. The Balaban J connectivity index is 3.28. The standard InChI is InChI=1S/C4H10F2N2O/c5-4(6,8)2-1-3(7)9/h3,9H,1-2,7-8H2. The number of halogens is 2. The molecule has 0 rings (SSSR count). The first-order chi connectivity index (χ1) is 3.92. The monoisotopic (exact) mass is 140 g/mol. The Morgan fingerprint density at radius 2 is 2.00 bits per heavy atom. The van der Waals surface area contributed by atoms with Crippen molar-refractivity contribution in [1.82, 2.24) is 0 Å². The second-order valence-electron chi connectivity index (χ2n) is 1.87. The molecular formula is C4H10F2N2O. The van der Waals surface area contributed by atoms with Crippen LogP contribution in [0.1, 0.15) is 12.8 Å². The lowest BCUT2D eigenvalue weighted by molar-refractivity contribution is -0.0137. The summed E-state index contributed by atoms with van der Waals surface area (Å²) in [5, 5.41) is 8.30. The molecule has 0 spiro atoms. The fraction of sp³-hybridized carbons (Fsp3) is 1.00. The average Bonchev–Trinajstić information content (AvgIpc) is 1.59. The molecule has 0 aromatic heterocycles. The highest BCUT2D eigenvalue weighted by atomic mass is 19.3. The molecule has 0 saturated heterocycles. The molecule has 5 N–H and O–H groups in total. The van der Waals surface area contributed by atoms with E-state index in [1.807, 2.05) is 0 Å². The minimum Gasteiger partial charge on any atom is -0.379 e. The number of rotatable bonds is 3. The molecule has 0 aliphatic heterocycles. The molecular weight excluding hydrogens is 130 g/mol. The summed E-state index contributed by atoms with van der Waals surface area (Å²) in [6, 6.07) is -3.21. The molecule has 5 heteroatoms. The zero-order valence-corrected chi connectivity index (χ0v) is 4.85. The van der Waals surface area contributed by atoms with E-state index in [0.29, 0.717) is 0 Å². The van der Waals surface area contributed by atoms with Crippen LogP contribution in [-0.2, 0) is 0 Å². The number of alkyl halides is 2. The van der Waals surface area contributed by atoms with Crippen LogP contribution in [0.3, 0.4) is 0 Å². The van der Waals surface area contributed by atoms with Crippen molar-refractivity contribution in [2.24, 2.45) is 11.5 Å². The third-order valence-electron chi connectivity index (χ3n) is 0.773. The van der Waals surface area contributed by atoms with Gasteiger partial charge in [-0.3, -0.25) is 5.73 Å². The minimum absolute atomic E-state index is 0.177. The highest BCUT2D eigenvalue weighted by molar-refractivity contribution is 4.57. The maximum absolute atomic E-state index is 11.7. The summed E-state index contributed by atoms with van der Waals surface area (Å²) >= 11 is 0. The summed E-state index contributed by atoms with van der Waals surface area (Å²) in [5.41, 5.74) is 9.05. The predicted molar refractivity (Wildman–Crippen MR) is 28.6 cm³/mol. The number of aliphatic hydroxyl groups is 1. The van der Waals surface area contributed by atoms with Crippen LogP contribution in [0, 0.1) is 0 Å². The molecule has 0 aliphatic carbocycles. The maximum Gasteiger partial charge on any atom is 0.300 e. The van der Waals surface area contributed by atoms with Gasteiger partial charge in [-0.05, 0) is 6.42 Å². The Morgan fingerprint density at radius 1 is 1.56 bits per heavy atom. The zero-order chi connectivity index (χ0) is 7.49. The summed E-state index contributed by atoms with van der Waals surface area (Å²) in [7, 11) is 0. The molecule has 0 aromatic rings. The van der Waals surface area contributed by atoms with Gasteiger partial charge in [0.25, 0.3) is 6.05 Å². The average molecular weight is 140 g/mol. The number of nitrogens with two attached hydrogens (primary N) is 2. The second-order valence-corrected chi connectivity index (χ2v) is 1.87. The summed E-state index contributed by atoms with van der Waals surface area (Å²) in [6.45, 7) is 0. The van der Waals surface area contributed by atoms with E-state index in [1.54, 1.807) is 0 Å². The smallest absolute Gasteiger partial charge is 0.300 e. The van der Waals surface area contributed by atoms with E-state index in [2.05, 4.69) is 5.73 Å². The second kappa shape index (κ2) is 3.05. The van der Waals surface area contributed by atoms with Crippen LogP contribution in [-0.4, -0.2) is 17.4 Å². The zero-order valence-electron chi connectivity index (χ0n) is 4.85. The minimum atomic E-state index is -3.21. The third-order valence-corrected chi connectivity index (χ3v) is 0.773. The summed E-state index contributed by atoms with van der Waals surface area (Å²) in [5.74, 6) is 0. The van der Waals surface area contributed by atoms with E-state index in [9.17, 15) is 8.78 Å². The van der Waals surface area contributed by atoms with Gasteiger partial charge in [-0.25, -0.2) is 0 Å². The lowest BCUT2D eigenvalue weighted by Gasteiger charge is -2.10. The fourth-order valence-corrected chi connectivity index (χ4v) is 0.340. The Hall–Kier alpha value is -0.260. The van der Waals surface area contributed by atoms with E-state index in [1.165, 1.54) is 0 Å². The lowest BCUT2D eigenvalue weighted by Crippen LogP contribution is -2.31. The molecule has 0 amide bonds. The van der Waals surface area contributed by atoms with Gasteiger partial charge in [0.1, 0.15) is 6.23 Å². The van der Waals surface area contributed by atoms with E-state index >= 15 is 0 Å². The molecule has 56 valence electrons. The molecule has 0 saturated carbocycles. The first kappa shape index (κ1) is 8.74. The highest BCUT2D eigenvalue weighted by Gasteiger charge is 2.21. The van der Waals surface area contributed by atoms with Crippen molar-refractivity contribution in [3.05, 3.63) is 0 Å². The van der Waals surface area contributed by atoms with E-state index in [0.717, 1.165) is 0 Å². The number of hydrogen-bond donors (Lipinski definition) is 3. The number of hydrogen-bond acceptors (Lipinski definition) is 3. The molecule has 9 heavy (non-hydrogen) atoms. The third kappa shape index (κ3) is 7.74. The van der Waals surface area contributed by atoms with Gasteiger partial charge >= 0.3 is 0 Å². The molecule has 1 atom stereocenters. The van der Waals surface area contributed by atoms with Gasteiger partial charge in [-0.2, -0.15) is 8.78 Å². The lowest BCUT2D eigenvalue weighted by atomic mass is 10.2. The van der Waals surface area contributed by atoms with E-state index in [-0.39, 0.29) is 6.42 Å². The van der Waals surface area contributed by atoms with Crippen molar-refractivity contribution in [1.29, 1.82) is 0 Å². The largest absolute Gasteiger partial charge is 0.379 e. The number of aliphatic hydroxyl groups excluding tert-OH is 1. The molecule has 0 aromatic carbocycles. The molecule has 3 nitrogen and oxygen atoms in total. The Bertz CT molecular complexity index is 81.1. The van der Waals surface area contributed by atoms with Gasteiger partial charge < -0.3 is 10.8 Å². The van der Waals surface area contributed by atoms with Gasteiger partial charge in [0.05, 0.1) is 0 Å². The van der Waals surface area contributed by atoms with Crippen molar-refractivity contribution in [3.63, 3.8) is 0 Å². The van der Waals surface area contributed by atoms with Crippen LogP contribution < -0.4 is 11.5 Å². The van der Waals surface area contributed by atoms with Crippen LogP contribution in [0.2, 0.25) is 0 Å². The Morgan fingerprint density at radius 3 is 2.11 bits per heavy atom. The van der Waals surface area contributed by atoms with Crippen LogP contribution in [0.25, 0.3) is 0 Å². The molecule has 0 aliphatic rings. The summed E-state index contributed by atoms with van der Waals surface area (Å²) < 4.78 is 23.4. The van der Waals surface area contributed by atoms with E-state index < -0.39 is 18.7 Å². The summed E-state index contributed by atoms with van der Waals surface area (Å²) in [4.78, 5) is 0. The van der Waals surface area contributed by atoms with Crippen LogP contribution in [0.5, 0.6) is 0 Å². The topological polar surface area (TPSA) is 72.3 Å². The molecule has 0 heterocycles. The van der Waals surface area contributed by atoms with Gasteiger partial charge in [0, 0.05) is 6.42 Å². The fourth-order valence-electron chi connectivity index (χ4n) is 0.340. The molecule has 0 bridgehead atoms. The van der Waals surface area contributed by atoms with Crippen molar-refractivity contribution in [3.8, 4) is 0 Å². The van der Waals surface area contributed by atoms with Gasteiger partial charge in [-0.15, -0.1) is 0 Å². The molecule has 0 radical (unpaired) electrons. The SMILES string of the molecule is NC(O)CCC(N)(F)F. The predicted octanol–water partition coefficient (Wildman–Crippen LogP) is -0.405. The van der Waals surface area contributed by atoms with Crippen molar-refractivity contribution in [2.75, 3.05) is 0 Å².